The molecule has 0 saturated carbocycles. The van der Waals surface area contributed by atoms with Crippen LogP contribution in [0.15, 0.2) is 48.6 Å². The van der Waals surface area contributed by atoms with E-state index in [1.165, 1.54) is 56.3 Å². The van der Waals surface area contributed by atoms with Gasteiger partial charge in [-0.25, -0.2) is 0 Å². The molecule has 0 bridgehead atoms. The zero-order valence-electron chi connectivity index (χ0n) is 43.2. The first-order valence-corrected chi connectivity index (χ1v) is 26.8. The summed E-state index contributed by atoms with van der Waals surface area (Å²) in [5.41, 5.74) is 0. The molecule has 13 heteroatoms. The van der Waals surface area contributed by atoms with E-state index in [4.69, 9.17) is 23.7 Å². The van der Waals surface area contributed by atoms with E-state index in [-0.39, 0.29) is 69.4 Å². The van der Waals surface area contributed by atoms with Gasteiger partial charge in [0.1, 0.15) is 13.2 Å². The average Bonchev–Trinajstić information content (AvgIpc) is 3.33. The van der Waals surface area contributed by atoms with Crippen molar-refractivity contribution >= 4 is 29.7 Å². The molecule has 0 aliphatic carbocycles. The molecule has 3 amide bonds. The second-order valence-corrected chi connectivity index (χ2v) is 17.2. The molecule has 0 spiro atoms. The van der Waals surface area contributed by atoms with Crippen LogP contribution in [0.1, 0.15) is 194 Å². The summed E-state index contributed by atoms with van der Waals surface area (Å²) in [4.78, 5) is 64.6. The van der Waals surface area contributed by atoms with Crippen LogP contribution >= 0.6 is 0 Å². The summed E-state index contributed by atoms with van der Waals surface area (Å²) < 4.78 is 27.0. The number of hydrogen-bond acceptors (Lipinski definition) is 10. The van der Waals surface area contributed by atoms with Gasteiger partial charge in [-0.05, 0) is 90.4 Å². The fraction of sp³-hybridized carbons (Fsp3) is 0.764. The number of nitrogens with one attached hydrogen (secondary N) is 2. The van der Waals surface area contributed by atoms with Crippen molar-refractivity contribution in [3.8, 4) is 0 Å². The highest BCUT2D eigenvalue weighted by Gasteiger charge is 2.17. The summed E-state index contributed by atoms with van der Waals surface area (Å²) in [6.45, 7) is 9.94. The second-order valence-electron chi connectivity index (χ2n) is 17.2. The molecule has 0 unspecified atom stereocenters. The lowest BCUT2D eigenvalue weighted by Gasteiger charge is -2.22. The van der Waals surface area contributed by atoms with Crippen LogP contribution in [0.2, 0.25) is 0 Å². The molecule has 0 heterocycles. The van der Waals surface area contributed by atoms with Gasteiger partial charge in [0.25, 0.3) is 0 Å². The molecule has 392 valence electrons. The maximum absolute atomic E-state index is 13.3. The van der Waals surface area contributed by atoms with Crippen LogP contribution in [-0.4, -0.2) is 114 Å². The van der Waals surface area contributed by atoms with Crippen molar-refractivity contribution in [3.05, 3.63) is 48.6 Å². The summed E-state index contributed by atoms with van der Waals surface area (Å²) in [5, 5.41) is 5.30. The highest BCUT2D eigenvalue weighted by molar-refractivity contribution is 5.87. The van der Waals surface area contributed by atoms with Crippen LogP contribution in [0.5, 0.6) is 0 Å². The van der Waals surface area contributed by atoms with Crippen LogP contribution in [0.25, 0.3) is 0 Å². The lowest BCUT2D eigenvalue weighted by Crippen LogP contribution is -2.39. The highest BCUT2D eigenvalue weighted by atomic mass is 16.5. The zero-order chi connectivity index (χ0) is 49.6. The number of carbonyl (C=O) groups excluding carboxylic acids is 5. The lowest BCUT2D eigenvalue weighted by atomic mass is 10.1. The summed E-state index contributed by atoms with van der Waals surface area (Å²) >= 11 is 0. The molecule has 0 rings (SSSR count). The molecular formula is C55H97N3O10. The number of hydrogen-bond donors (Lipinski definition) is 2. The predicted molar refractivity (Wildman–Crippen MR) is 275 cm³/mol. The number of ether oxygens (including phenoxy) is 5. The second kappa shape index (κ2) is 52.6. The van der Waals surface area contributed by atoms with E-state index in [0.29, 0.717) is 65.4 Å². The SMILES string of the molecule is CCCCC/C=C\C/C=C\CCCCCCCC(=O)OCCN(CCOC(=O)CCCCCCC/C=C\C/C=C\CCCCC)C(=O)CCC(=O)NCC(=O)NCCCOCCOCCOCC. The van der Waals surface area contributed by atoms with Gasteiger partial charge in [0.05, 0.1) is 46.1 Å². The Bertz CT molecular complexity index is 1270. The summed E-state index contributed by atoms with van der Waals surface area (Å²) in [5.74, 6) is -1.73. The number of allylic oxidation sites excluding steroid dienone is 8. The molecule has 0 saturated heterocycles. The molecule has 13 nitrogen and oxygen atoms in total. The van der Waals surface area contributed by atoms with E-state index < -0.39 is 5.91 Å². The van der Waals surface area contributed by atoms with Crippen molar-refractivity contribution in [2.75, 3.05) is 79.0 Å². The van der Waals surface area contributed by atoms with Gasteiger partial charge in [-0.3, -0.25) is 24.0 Å². The third-order valence-corrected chi connectivity index (χ3v) is 11.0. The summed E-state index contributed by atoms with van der Waals surface area (Å²) in [7, 11) is 0. The largest absolute Gasteiger partial charge is 0.464 e. The van der Waals surface area contributed by atoms with E-state index in [1.54, 1.807) is 0 Å². The Kier molecular flexibility index (Phi) is 49.6. The molecule has 0 aliphatic rings. The Balaban J connectivity index is 4.57. The molecule has 0 atom stereocenters. The van der Waals surface area contributed by atoms with Gasteiger partial charge >= 0.3 is 11.9 Å². The molecule has 68 heavy (non-hydrogen) atoms. The zero-order valence-corrected chi connectivity index (χ0v) is 43.2. The van der Waals surface area contributed by atoms with Gasteiger partial charge in [-0.1, -0.05) is 127 Å². The van der Waals surface area contributed by atoms with Crippen molar-refractivity contribution in [3.63, 3.8) is 0 Å². The van der Waals surface area contributed by atoms with Gasteiger partial charge in [0.2, 0.25) is 17.7 Å². The average molecular weight is 960 g/mol. The standard InChI is InChI=1S/C55H97N3O10/c1-4-7-9-11-13-15-17-19-21-23-25-27-29-31-33-36-54(62)67-44-41-58(42-45-68-55(63)37-34-32-30-28-26-24-22-20-18-16-14-12-10-8-5-2)53(61)39-38-51(59)57-50-52(60)56-40-35-43-65-48-49-66-47-46-64-6-3/h13-16,19-22H,4-12,17-18,23-50H2,1-3H3,(H,56,60)(H,57,59)/b15-13-,16-14-,21-19-,22-20-. The van der Waals surface area contributed by atoms with Gasteiger partial charge in [0.15, 0.2) is 0 Å². The first-order valence-electron chi connectivity index (χ1n) is 26.8. The van der Waals surface area contributed by atoms with Gasteiger partial charge in [0, 0.05) is 45.4 Å². The summed E-state index contributed by atoms with van der Waals surface area (Å²) in [6, 6.07) is 0. The van der Waals surface area contributed by atoms with E-state index in [9.17, 15) is 24.0 Å². The quantitative estimate of drug-likeness (QED) is 0.0341. The van der Waals surface area contributed by atoms with Crippen LogP contribution in [0, 0.1) is 0 Å². The van der Waals surface area contributed by atoms with Crippen molar-refractivity contribution in [2.45, 2.75) is 194 Å². The van der Waals surface area contributed by atoms with Gasteiger partial charge < -0.3 is 39.2 Å². The van der Waals surface area contributed by atoms with E-state index >= 15 is 0 Å². The van der Waals surface area contributed by atoms with E-state index in [1.807, 2.05) is 6.92 Å². The minimum atomic E-state index is -0.436. The first-order chi connectivity index (χ1) is 33.3. The normalized spacial score (nSPS) is 11.6. The number of rotatable bonds is 50. The van der Waals surface area contributed by atoms with Gasteiger partial charge in [-0.2, -0.15) is 0 Å². The van der Waals surface area contributed by atoms with Crippen LogP contribution in [0.4, 0.5) is 0 Å². The third-order valence-electron chi connectivity index (χ3n) is 11.0. The molecule has 0 aromatic rings. The summed E-state index contributed by atoms with van der Waals surface area (Å²) in [6.07, 6.45) is 43.2. The molecule has 2 N–H and O–H groups in total. The van der Waals surface area contributed by atoms with E-state index in [0.717, 1.165) is 89.9 Å². The Morgan fingerprint density at radius 2 is 0.853 bits per heavy atom. The van der Waals surface area contributed by atoms with Gasteiger partial charge in [-0.15, -0.1) is 0 Å². The first kappa shape index (κ1) is 64.2. The van der Waals surface area contributed by atoms with Crippen molar-refractivity contribution in [2.24, 2.45) is 0 Å². The monoisotopic (exact) mass is 960 g/mol. The van der Waals surface area contributed by atoms with Crippen molar-refractivity contribution in [1.82, 2.24) is 15.5 Å². The Morgan fingerprint density at radius 3 is 1.34 bits per heavy atom. The minimum absolute atomic E-state index is 0.00437. The minimum Gasteiger partial charge on any atom is -0.464 e. The molecular weight excluding hydrogens is 863 g/mol. The van der Waals surface area contributed by atoms with Crippen molar-refractivity contribution in [1.29, 1.82) is 0 Å². The smallest absolute Gasteiger partial charge is 0.305 e. The Morgan fingerprint density at radius 1 is 0.412 bits per heavy atom. The number of nitrogens with zero attached hydrogens (tertiary/aromatic N) is 1. The molecule has 0 aromatic heterocycles. The van der Waals surface area contributed by atoms with Crippen LogP contribution < -0.4 is 10.6 Å². The van der Waals surface area contributed by atoms with E-state index in [2.05, 4.69) is 73.1 Å². The molecule has 0 aromatic carbocycles. The highest BCUT2D eigenvalue weighted by Crippen LogP contribution is 2.11. The van der Waals surface area contributed by atoms with Crippen LogP contribution in [-0.2, 0) is 47.7 Å². The molecule has 0 aliphatic heterocycles. The number of unbranched alkanes of at least 4 members (excludes halogenated alkanes) is 16. The van der Waals surface area contributed by atoms with Crippen molar-refractivity contribution < 1.29 is 47.7 Å². The molecule has 0 fully saturated rings. The maximum Gasteiger partial charge on any atom is 0.305 e. The fourth-order valence-electron chi connectivity index (χ4n) is 6.90. The number of amides is 3. The fourth-order valence-corrected chi connectivity index (χ4v) is 6.90. The maximum atomic E-state index is 13.3. The van der Waals surface area contributed by atoms with Crippen LogP contribution in [0.3, 0.4) is 0 Å². The lowest BCUT2D eigenvalue weighted by molar-refractivity contribution is -0.148. The topological polar surface area (TPSA) is 159 Å². The number of carbonyl (C=O) groups is 5. The predicted octanol–water partition coefficient (Wildman–Crippen LogP) is 11.0. The number of esters is 2. The molecule has 0 radical (unpaired) electrons. The third kappa shape index (κ3) is 48.6. The Hall–Kier alpha value is -3.81. The Labute approximate surface area is 413 Å².